The summed E-state index contributed by atoms with van der Waals surface area (Å²) in [5.74, 6) is 0.954. The van der Waals surface area contributed by atoms with E-state index in [2.05, 4.69) is 49.4 Å². The molecule has 4 rings (SSSR count). The van der Waals surface area contributed by atoms with Crippen molar-refractivity contribution < 1.29 is 0 Å². The fraction of sp³-hybridized carbons (Fsp3) is 0.316. The molecule has 0 bridgehead atoms. The lowest BCUT2D eigenvalue weighted by molar-refractivity contribution is 0.267. The molecule has 1 aliphatic rings. The zero-order chi connectivity index (χ0) is 16.2. The van der Waals surface area contributed by atoms with Gasteiger partial charge in [-0.1, -0.05) is 12.1 Å². The molecule has 124 valence electrons. The van der Waals surface area contributed by atoms with E-state index >= 15 is 0 Å². The maximum atomic E-state index is 4.30. The molecule has 0 saturated carbocycles. The molecule has 24 heavy (non-hydrogen) atoms. The highest BCUT2D eigenvalue weighted by molar-refractivity contribution is 5.92. The zero-order valence-electron chi connectivity index (χ0n) is 13.8. The Morgan fingerprint density at radius 2 is 1.92 bits per heavy atom. The molecule has 2 aromatic heterocycles. The van der Waals surface area contributed by atoms with Gasteiger partial charge in [-0.2, -0.15) is 0 Å². The number of fused-ring (bicyclic) bond motifs is 1. The highest BCUT2D eigenvalue weighted by Gasteiger charge is 2.18. The number of piperazine rings is 1. The number of hydrogen-bond acceptors (Lipinski definition) is 4. The van der Waals surface area contributed by atoms with Crippen LogP contribution < -0.4 is 10.2 Å². The molecule has 5 nitrogen and oxygen atoms in total. The van der Waals surface area contributed by atoms with E-state index < -0.39 is 0 Å². The molecule has 0 unspecified atom stereocenters. The van der Waals surface area contributed by atoms with Crippen LogP contribution in [0.2, 0.25) is 0 Å². The minimum absolute atomic E-state index is 0.935. The van der Waals surface area contributed by atoms with Crippen LogP contribution in [0.25, 0.3) is 10.9 Å². The predicted octanol–water partition coefficient (Wildman–Crippen LogP) is 2.80. The molecule has 0 amide bonds. The number of rotatable bonds is 5. The van der Waals surface area contributed by atoms with Crippen LogP contribution >= 0.6 is 0 Å². The number of H-pyrrole nitrogens is 1. The van der Waals surface area contributed by atoms with E-state index in [0.717, 1.165) is 45.1 Å². The van der Waals surface area contributed by atoms with Gasteiger partial charge in [0.25, 0.3) is 0 Å². The molecular weight excluding hydrogens is 298 g/mol. The summed E-state index contributed by atoms with van der Waals surface area (Å²) in [6, 6.07) is 14.6. The Morgan fingerprint density at radius 3 is 2.75 bits per heavy atom. The molecule has 1 fully saturated rings. The van der Waals surface area contributed by atoms with Crippen LogP contribution in [0.5, 0.6) is 0 Å². The average molecular weight is 321 g/mol. The lowest BCUT2D eigenvalue weighted by Gasteiger charge is -2.36. The number of aromatic nitrogens is 2. The lowest BCUT2D eigenvalue weighted by atomic mass is 10.1. The van der Waals surface area contributed by atoms with Crippen molar-refractivity contribution in [2.24, 2.45) is 0 Å². The lowest BCUT2D eigenvalue weighted by Crippen LogP contribution is -2.47. The Balaban J connectivity index is 1.30. The number of benzene rings is 1. The summed E-state index contributed by atoms with van der Waals surface area (Å²) in [7, 11) is 0. The largest absolute Gasteiger partial charge is 0.369 e. The minimum atomic E-state index is 0.935. The first-order valence-corrected chi connectivity index (χ1v) is 8.58. The molecule has 0 atom stereocenters. The van der Waals surface area contributed by atoms with E-state index in [4.69, 9.17) is 0 Å². The van der Waals surface area contributed by atoms with Crippen LogP contribution in [0.4, 0.5) is 11.5 Å². The molecule has 0 aliphatic carbocycles. The molecule has 5 heteroatoms. The molecular formula is C19H23N5. The number of aromatic amines is 1. The van der Waals surface area contributed by atoms with E-state index in [1.807, 2.05) is 30.6 Å². The van der Waals surface area contributed by atoms with E-state index in [1.165, 1.54) is 16.6 Å². The van der Waals surface area contributed by atoms with Crippen molar-refractivity contribution in [3.8, 4) is 0 Å². The normalized spacial score (nSPS) is 15.8. The van der Waals surface area contributed by atoms with Gasteiger partial charge in [0.05, 0.1) is 0 Å². The van der Waals surface area contributed by atoms with Gasteiger partial charge < -0.3 is 15.2 Å². The predicted molar refractivity (Wildman–Crippen MR) is 99.7 cm³/mol. The fourth-order valence-corrected chi connectivity index (χ4v) is 3.37. The summed E-state index contributed by atoms with van der Waals surface area (Å²) in [5, 5.41) is 4.71. The number of nitrogens with zero attached hydrogens (tertiary/aromatic N) is 3. The Hall–Kier alpha value is -2.53. The Morgan fingerprint density at radius 1 is 1.00 bits per heavy atom. The zero-order valence-corrected chi connectivity index (χ0v) is 13.8. The molecule has 0 spiro atoms. The second kappa shape index (κ2) is 6.93. The Labute approximate surface area is 142 Å². The first kappa shape index (κ1) is 15.0. The number of anilines is 2. The third-order valence-corrected chi connectivity index (χ3v) is 4.68. The molecule has 1 aromatic carbocycles. The molecule has 1 aliphatic heterocycles. The van der Waals surface area contributed by atoms with Crippen LogP contribution in [0.15, 0.2) is 54.9 Å². The van der Waals surface area contributed by atoms with Crippen LogP contribution in [0.1, 0.15) is 0 Å². The maximum absolute atomic E-state index is 4.30. The monoisotopic (exact) mass is 321 g/mol. The molecule has 1 saturated heterocycles. The quantitative estimate of drug-likeness (QED) is 0.759. The van der Waals surface area contributed by atoms with Crippen LogP contribution in [0.3, 0.4) is 0 Å². The molecule has 2 N–H and O–H groups in total. The molecule has 3 heterocycles. The van der Waals surface area contributed by atoms with Crippen molar-refractivity contribution in [1.82, 2.24) is 14.9 Å². The number of hydrogen-bond donors (Lipinski definition) is 2. The van der Waals surface area contributed by atoms with Crippen molar-refractivity contribution in [3.63, 3.8) is 0 Å². The first-order valence-electron chi connectivity index (χ1n) is 8.58. The molecule has 3 aromatic rings. The van der Waals surface area contributed by atoms with Crippen LogP contribution in [-0.2, 0) is 0 Å². The van der Waals surface area contributed by atoms with Crippen LogP contribution in [0, 0.1) is 0 Å². The van der Waals surface area contributed by atoms with Gasteiger partial charge in [0.15, 0.2) is 0 Å². The smallest absolute Gasteiger partial charge is 0.125 e. The summed E-state index contributed by atoms with van der Waals surface area (Å²) < 4.78 is 0. The van der Waals surface area contributed by atoms with Gasteiger partial charge in [0.1, 0.15) is 5.82 Å². The molecule has 0 radical (unpaired) electrons. The topological polar surface area (TPSA) is 47.2 Å². The summed E-state index contributed by atoms with van der Waals surface area (Å²) in [6.45, 7) is 6.35. The van der Waals surface area contributed by atoms with Gasteiger partial charge in [-0.3, -0.25) is 4.90 Å². The highest BCUT2D eigenvalue weighted by Crippen LogP contribution is 2.26. The van der Waals surface area contributed by atoms with Crippen molar-refractivity contribution in [1.29, 1.82) is 0 Å². The summed E-state index contributed by atoms with van der Waals surface area (Å²) in [5.41, 5.74) is 2.56. The second-order valence-corrected chi connectivity index (χ2v) is 6.19. The van der Waals surface area contributed by atoms with E-state index in [9.17, 15) is 0 Å². The second-order valence-electron chi connectivity index (χ2n) is 6.19. The van der Waals surface area contributed by atoms with Gasteiger partial charge in [-0.15, -0.1) is 0 Å². The summed E-state index contributed by atoms with van der Waals surface area (Å²) in [4.78, 5) is 12.6. The third kappa shape index (κ3) is 3.21. The van der Waals surface area contributed by atoms with Crippen molar-refractivity contribution in [2.45, 2.75) is 0 Å². The van der Waals surface area contributed by atoms with Crippen LogP contribution in [-0.4, -0.2) is 54.1 Å². The van der Waals surface area contributed by atoms with Crippen molar-refractivity contribution in [2.75, 3.05) is 49.5 Å². The van der Waals surface area contributed by atoms with Gasteiger partial charge in [0, 0.05) is 68.3 Å². The van der Waals surface area contributed by atoms with Gasteiger partial charge in [-0.25, -0.2) is 4.98 Å². The average Bonchev–Trinajstić information content (AvgIpc) is 3.12. The third-order valence-electron chi connectivity index (χ3n) is 4.68. The number of nitrogens with one attached hydrogen (secondary N) is 2. The minimum Gasteiger partial charge on any atom is -0.369 e. The first-order chi connectivity index (χ1) is 11.9. The van der Waals surface area contributed by atoms with E-state index in [1.54, 1.807) is 0 Å². The van der Waals surface area contributed by atoms with Gasteiger partial charge in [0.2, 0.25) is 0 Å². The highest BCUT2D eigenvalue weighted by atomic mass is 15.3. The SMILES string of the molecule is c1ccc(NCCN2CCN(c3cccc4[nH]ccc34)CC2)nc1. The Bertz CT molecular complexity index is 775. The van der Waals surface area contributed by atoms with Gasteiger partial charge in [-0.05, 0) is 30.3 Å². The van der Waals surface area contributed by atoms with Crippen molar-refractivity contribution >= 4 is 22.4 Å². The number of pyridine rings is 1. The van der Waals surface area contributed by atoms with E-state index in [-0.39, 0.29) is 0 Å². The van der Waals surface area contributed by atoms with Gasteiger partial charge >= 0.3 is 0 Å². The summed E-state index contributed by atoms with van der Waals surface area (Å²) >= 11 is 0. The summed E-state index contributed by atoms with van der Waals surface area (Å²) in [6.07, 6.45) is 3.84. The maximum Gasteiger partial charge on any atom is 0.125 e. The Kier molecular flexibility index (Phi) is 4.34. The van der Waals surface area contributed by atoms with E-state index in [0.29, 0.717) is 0 Å². The van der Waals surface area contributed by atoms with Crippen molar-refractivity contribution in [3.05, 3.63) is 54.9 Å². The fourth-order valence-electron chi connectivity index (χ4n) is 3.37. The standard InChI is InChI=1S/C19H23N5/c1-2-8-21-19(6-1)22-10-11-23-12-14-24(15-13-23)18-5-3-4-17-16(18)7-9-20-17/h1-9,20H,10-15H2,(H,21,22).